The number of benzene rings is 1. The van der Waals surface area contributed by atoms with E-state index in [1.165, 1.54) is 12.1 Å². The number of methoxy groups -OCH3 is 1. The number of carbonyl (C=O) groups is 2. The summed E-state index contributed by atoms with van der Waals surface area (Å²) >= 11 is 0. The molecule has 0 spiro atoms. The fourth-order valence-corrected chi connectivity index (χ4v) is 5.12. The van der Waals surface area contributed by atoms with Crippen molar-refractivity contribution in [2.45, 2.75) is 52.6 Å². The van der Waals surface area contributed by atoms with Crippen LogP contribution in [0.4, 0.5) is 8.78 Å². The Balaban J connectivity index is 2.52. The van der Waals surface area contributed by atoms with E-state index in [4.69, 9.17) is 10.5 Å². The van der Waals surface area contributed by atoms with Gasteiger partial charge in [-0.05, 0) is 50.3 Å². The lowest BCUT2D eigenvalue weighted by molar-refractivity contribution is -0.132. The normalized spacial score (nSPS) is 19.1. The second-order valence-electron chi connectivity index (χ2n) is 9.78. The van der Waals surface area contributed by atoms with Crippen molar-refractivity contribution in [1.82, 2.24) is 10.2 Å². The summed E-state index contributed by atoms with van der Waals surface area (Å²) in [7, 11) is 1.56. The van der Waals surface area contributed by atoms with Crippen LogP contribution in [0.15, 0.2) is 41.5 Å². The van der Waals surface area contributed by atoms with Crippen molar-refractivity contribution in [3.05, 3.63) is 58.7 Å². The van der Waals surface area contributed by atoms with E-state index in [0.717, 1.165) is 18.9 Å². The van der Waals surface area contributed by atoms with Crippen LogP contribution in [0.3, 0.4) is 0 Å². The number of nitrogens with two attached hydrogens (primary N) is 1. The smallest absolute Gasteiger partial charge is 0.249 e. The Labute approximate surface area is 218 Å². The second-order valence-corrected chi connectivity index (χ2v) is 9.78. The summed E-state index contributed by atoms with van der Waals surface area (Å²) in [6, 6.07) is 3.13. The second kappa shape index (κ2) is 14.4. The highest BCUT2D eigenvalue weighted by molar-refractivity contribution is 5.96. The molecule has 1 aromatic rings. The molecule has 3 atom stereocenters. The van der Waals surface area contributed by atoms with E-state index in [1.807, 2.05) is 13.8 Å². The number of allylic oxidation sites excluding steroid dienone is 2. The molecule has 0 aliphatic heterocycles. The molecule has 2 rings (SSSR count). The van der Waals surface area contributed by atoms with Crippen LogP contribution in [0.1, 0.15) is 45.6 Å². The Hall–Kier alpha value is -2.62. The van der Waals surface area contributed by atoms with Gasteiger partial charge in [0.1, 0.15) is 11.6 Å². The van der Waals surface area contributed by atoms with Crippen molar-refractivity contribution >= 4 is 11.8 Å². The van der Waals surface area contributed by atoms with E-state index in [0.29, 0.717) is 37.4 Å². The van der Waals surface area contributed by atoms with Gasteiger partial charge in [0.05, 0.1) is 18.1 Å². The van der Waals surface area contributed by atoms with Gasteiger partial charge in [-0.15, -0.1) is 0 Å². The number of ether oxygens (including phenoxy) is 1. The maximum absolute atomic E-state index is 14.0. The molecule has 0 saturated heterocycles. The van der Waals surface area contributed by atoms with Crippen LogP contribution in [-0.4, -0.2) is 67.8 Å². The number of hydrogen-bond acceptors (Lipinski definition) is 5. The van der Waals surface area contributed by atoms with Gasteiger partial charge in [0.25, 0.3) is 0 Å². The molecule has 1 unspecified atom stereocenters. The lowest BCUT2D eigenvalue weighted by Crippen LogP contribution is -2.52. The van der Waals surface area contributed by atoms with Crippen LogP contribution >= 0.6 is 0 Å². The van der Waals surface area contributed by atoms with Crippen LogP contribution in [0.2, 0.25) is 0 Å². The predicted octanol–water partition coefficient (Wildman–Crippen LogP) is 3.12. The van der Waals surface area contributed by atoms with Gasteiger partial charge < -0.3 is 25.8 Å². The monoisotopic (exact) mass is 521 g/mol. The van der Waals surface area contributed by atoms with Gasteiger partial charge >= 0.3 is 0 Å². The highest BCUT2D eigenvalue weighted by Gasteiger charge is 2.48. The molecule has 0 heterocycles. The minimum absolute atomic E-state index is 0.0139. The van der Waals surface area contributed by atoms with Crippen LogP contribution < -0.4 is 11.1 Å². The van der Waals surface area contributed by atoms with E-state index >= 15 is 0 Å². The van der Waals surface area contributed by atoms with Gasteiger partial charge in [-0.3, -0.25) is 9.59 Å². The molecule has 9 heteroatoms. The van der Waals surface area contributed by atoms with Gasteiger partial charge in [-0.25, -0.2) is 8.78 Å². The van der Waals surface area contributed by atoms with E-state index < -0.39 is 35.0 Å². The molecule has 4 N–H and O–H groups in total. The highest BCUT2D eigenvalue weighted by Crippen LogP contribution is 2.44. The third-order valence-electron chi connectivity index (χ3n) is 6.72. The van der Waals surface area contributed by atoms with Gasteiger partial charge in [-0.2, -0.15) is 0 Å². The quantitative estimate of drug-likeness (QED) is 0.308. The van der Waals surface area contributed by atoms with Gasteiger partial charge in [0.2, 0.25) is 11.8 Å². The Kier molecular flexibility index (Phi) is 11.9. The summed E-state index contributed by atoms with van der Waals surface area (Å²) in [5.74, 6) is -3.25. The van der Waals surface area contributed by atoms with Crippen molar-refractivity contribution in [3.63, 3.8) is 0 Å². The SMILES string of the molecule is CCCN(CCC)C(=O)C1=CC(C)=CC(C(N)=O)([C@H](Cc2cc(F)cc(F)c2)[C@@H](O)CNCCOC)C1. The van der Waals surface area contributed by atoms with E-state index in [9.17, 15) is 23.5 Å². The Morgan fingerprint density at radius 3 is 2.35 bits per heavy atom. The highest BCUT2D eigenvalue weighted by atomic mass is 19.1. The minimum Gasteiger partial charge on any atom is -0.391 e. The summed E-state index contributed by atoms with van der Waals surface area (Å²) in [5, 5.41) is 14.4. The zero-order valence-electron chi connectivity index (χ0n) is 22.4. The lowest BCUT2D eigenvalue weighted by Gasteiger charge is -2.42. The van der Waals surface area contributed by atoms with Gasteiger partial charge in [-0.1, -0.05) is 31.6 Å². The first-order valence-corrected chi connectivity index (χ1v) is 12.9. The number of amides is 2. The number of primary amides is 1. The number of carbonyl (C=O) groups excluding carboxylic acids is 2. The average Bonchev–Trinajstić information content (AvgIpc) is 2.83. The molecule has 0 bridgehead atoms. The maximum Gasteiger partial charge on any atom is 0.249 e. The molecule has 2 amide bonds. The average molecular weight is 522 g/mol. The first-order valence-electron chi connectivity index (χ1n) is 12.9. The summed E-state index contributed by atoms with van der Waals surface area (Å²) < 4.78 is 33.1. The topological polar surface area (TPSA) is 105 Å². The van der Waals surface area contributed by atoms with Crippen molar-refractivity contribution in [2.75, 3.05) is 39.9 Å². The number of nitrogens with one attached hydrogen (secondary N) is 1. The fourth-order valence-electron chi connectivity index (χ4n) is 5.12. The molecule has 0 saturated carbocycles. The van der Waals surface area contributed by atoms with Crippen LogP contribution in [0.25, 0.3) is 0 Å². The lowest BCUT2D eigenvalue weighted by atomic mass is 9.63. The van der Waals surface area contributed by atoms with Gasteiger partial charge in [0, 0.05) is 50.8 Å². The molecular weight excluding hydrogens is 480 g/mol. The molecule has 1 aliphatic rings. The number of halogens is 2. The number of aliphatic hydroxyl groups is 1. The fraction of sp³-hybridized carbons (Fsp3) is 0.571. The first-order chi connectivity index (χ1) is 17.6. The summed E-state index contributed by atoms with van der Waals surface area (Å²) in [4.78, 5) is 28.5. The maximum atomic E-state index is 14.0. The van der Waals surface area contributed by atoms with Crippen molar-refractivity contribution in [2.24, 2.45) is 17.1 Å². The van der Waals surface area contributed by atoms with Crippen molar-refractivity contribution in [1.29, 1.82) is 0 Å². The van der Waals surface area contributed by atoms with E-state index in [-0.39, 0.29) is 30.9 Å². The van der Waals surface area contributed by atoms with Gasteiger partial charge in [0.15, 0.2) is 0 Å². The minimum atomic E-state index is -1.45. The molecule has 206 valence electrons. The molecular formula is C28H41F2N3O4. The zero-order chi connectivity index (χ0) is 27.6. The molecule has 0 radical (unpaired) electrons. The zero-order valence-corrected chi connectivity index (χ0v) is 22.4. The number of rotatable bonds is 15. The Morgan fingerprint density at radius 1 is 1.19 bits per heavy atom. The molecule has 1 aliphatic carbocycles. The van der Waals surface area contributed by atoms with Crippen molar-refractivity contribution in [3.8, 4) is 0 Å². The largest absolute Gasteiger partial charge is 0.391 e. The van der Waals surface area contributed by atoms with Crippen LogP contribution in [0.5, 0.6) is 0 Å². The third-order valence-corrected chi connectivity index (χ3v) is 6.72. The molecule has 1 aromatic carbocycles. The molecule has 0 aromatic heterocycles. The number of hydrogen-bond donors (Lipinski definition) is 3. The van der Waals surface area contributed by atoms with Crippen LogP contribution in [0, 0.1) is 23.0 Å². The number of nitrogens with zero attached hydrogens (tertiary/aromatic N) is 1. The predicted molar refractivity (Wildman–Crippen MR) is 140 cm³/mol. The van der Waals surface area contributed by atoms with E-state index in [2.05, 4.69) is 5.32 Å². The van der Waals surface area contributed by atoms with E-state index in [1.54, 1.807) is 31.1 Å². The standard InChI is InChI=1S/C28H41F2N3O4/c1-5-8-33(9-6-2)26(35)21-11-19(3)16-28(17-21,27(31)36)24(25(34)18-32-7-10-37-4)14-20-12-22(29)15-23(30)13-20/h11-13,15-16,24-25,32,34H,5-10,14,17-18H2,1-4H3,(H2,31,36)/t24-,25+,28?/m1/s1. The first kappa shape index (κ1) is 30.6. The molecule has 7 nitrogen and oxygen atoms in total. The summed E-state index contributed by atoms with van der Waals surface area (Å²) in [6.07, 6.45) is 3.86. The summed E-state index contributed by atoms with van der Waals surface area (Å²) in [5.41, 5.74) is 5.94. The van der Waals surface area contributed by atoms with Crippen molar-refractivity contribution < 1.29 is 28.2 Å². The van der Waals surface area contributed by atoms with Crippen LogP contribution in [-0.2, 0) is 20.7 Å². The number of aliphatic hydroxyl groups excluding tert-OH is 1. The molecule has 0 fully saturated rings. The summed E-state index contributed by atoms with van der Waals surface area (Å²) in [6.45, 7) is 7.88. The Bertz CT molecular complexity index is 971. The Morgan fingerprint density at radius 2 is 1.81 bits per heavy atom. The third kappa shape index (κ3) is 8.18. The molecule has 37 heavy (non-hydrogen) atoms.